The van der Waals surface area contributed by atoms with E-state index in [1.807, 2.05) is 17.8 Å². The molecule has 0 bridgehead atoms. The summed E-state index contributed by atoms with van der Waals surface area (Å²) < 4.78 is 0. The van der Waals surface area contributed by atoms with Crippen LogP contribution < -0.4 is 0 Å². The minimum atomic E-state index is 0.987. The fraction of sp³-hybridized carbons (Fsp3) is 0.154. The lowest BCUT2D eigenvalue weighted by Gasteiger charge is -2.07. The molecule has 2 heteroatoms. The van der Waals surface area contributed by atoms with Gasteiger partial charge in [0.15, 0.2) is 0 Å². The Labute approximate surface area is 94.2 Å². The van der Waals surface area contributed by atoms with E-state index in [9.17, 15) is 0 Å². The molecule has 0 saturated heterocycles. The number of thioether (sulfide) groups is 1. The minimum Gasteiger partial charge on any atom is -0.263 e. The van der Waals surface area contributed by atoms with E-state index in [0.29, 0.717) is 0 Å². The largest absolute Gasteiger partial charge is 0.263 e. The third-order valence-electron chi connectivity index (χ3n) is 2.32. The van der Waals surface area contributed by atoms with Gasteiger partial charge in [-0.15, -0.1) is 11.8 Å². The first kappa shape index (κ1) is 10.2. The Balaban J connectivity index is 2.72. The van der Waals surface area contributed by atoms with Crippen LogP contribution in [0.2, 0.25) is 0 Å². The van der Waals surface area contributed by atoms with Gasteiger partial charge in [-0.3, -0.25) is 4.99 Å². The lowest BCUT2D eigenvalue weighted by Crippen LogP contribution is -1.79. The summed E-state index contributed by atoms with van der Waals surface area (Å²) in [5.74, 6) is 1.05. The SMILES string of the molecule is C=Nc1ccc2ccccc2c1SCC. The van der Waals surface area contributed by atoms with E-state index in [2.05, 4.69) is 49.0 Å². The van der Waals surface area contributed by atoms with Crippen molar-refractivity contribution in [2.24, 2.45) is 4.99 Å². The van der Waals surface area contributed by atoms with Gasteiger partial charge in [-0.25, -0.2) is 0 Å². The van der Waals surface area contributed by atoms with Gasteiger partial charge in [0.2, 0.25) is 0 Å². The molecule has 2 rings (SSSR count). The Morgan fingerprint density at radius 3 is 2.73 bits per heavy atom. The number of aliphatic imine (C=N–C) groups is 1. The summed E-state index contributed by atoms with van der Waals surface area (Å²) >= 11 is 1.82. The Morgan fingerprint density at radius 2 is 2.00 bits per heavy atom. The lowest BCUT2D eigenvalue weighted by atomic mass is 10.1. The quantitative estimate of drug-likeness (QED) is 0.549. The predicted octanol–water partition coefficient (Wildman–Crippen LogP) is 4.28. The van der Waals surface area contributed by atoms with E-state index in [4.69, 9.17) is 0 Å². The molecule has 0 amide bonds. The Kier molecular flexibility index (Phi) is 3.07. The van der Waals surface area contributed by atoms with Crippen molar-refractivity contribution in [1.82, 2.24) is 0 Å². The molecule has 1 nitrogen and oxygen atoms in total. The molecule has 0 aliphatic rings. The first-order chi connectivity index (χ1) is 7.36. The number of fused-ring (bicyclic) bond motifs is 1. The number of nitrogens with zero attached hydrogens (tertiary/aromatic N) is 1. The molecular weight excluding hydrogens is 202 g/mol. The maximum Gasteiger partial charge on any atom is 0.0764 e. The second-order valence-electron chi connectivity index (χ2n) is 3.23. The molecule has 0 heterocycles. The van der Waals surface area contributed by atoms with Crippen LogP contribution in [-0.2, 0) is 0 Å². The molecule has 0 saturated carbocycles. The number of hydrogen-bond donors (Lipinski definition) is 0. The zero-order valence-electron chi connectivity index (χ0n) is 8.73. The van der Waals surface area contributed by atoms with Crippen LogP contribution >= 0.6 is 11.8 Å². The van der Waals surface area contributed by atoms with Crippen LogP contribution in [0.5, 0.6) is 0 Å². The summed E-state index contributed by atoms with van der Waals surface area (Å²) in [7, 11) is 0. The highest BCUT2D eigenvalue weighted by molar-refractivity contribution is 7.99. The van der Waals surface area contributed by atoms with Crippen molar-refractivity contribution in [3.63, 3.8) is 0 Å². The molecule has 2 aromatic rings. The minimum absolute atomic E-state index is 0.987. The molecule has 2 aromatic carbocycles. The summed E-state index contributed by atoms with van der Waals surface area (Å²) in [6, 6.07) is 12.5. The summed E-state index contributed by atoms with van der Waals surface area (Å²) in [5, 5.41) is 2.54. The van der Waals surface area contributed by atoms with E-state index in [-0.39, 0.29) is 0 Å². The summed E-state index contributed by atoms with van der Waals surface area (Å²) in [6.45, 7) is 5.77. The van der Waals surface area contributed by atoms with E-state index in [1.165, 1.54) is 15.7 Å². The molecule has 0 unspecified atom stereocenters. The van der Waals surface area contributed by atoms with Gasteiger partial charge in [0.25, 0.3) is 0 Å². The fourth-order valence-electron chi connectivity index (χ4n) is 1.65. The molecular formula is C13H13NS. The first-order valence-electron chi connectivity index (χ1n) is 4.98. The number of hydrogen-bond acceptors (Lipinski definition) is 2. The fourth-order valence-corrected chi connectivity index (χ4v) is 2.56. The average Bonchev–Trinajstić information content (AvgIpc) is 2.30. The van der Waals surface area contributed by atoms with Crippen molar-refractivity contribution < 1.29 is 0 Å². The van der Waals surface area contributed by atoms with Gasteiger partial charge < -0.3 is 0 Å². The van der Waals surface area contributed by atoms with E-state index >= 15 is 0 Å². The third kappa shape index (κ3) is 1.90. The van der Waals surface area contributed by atoms with Crippen LogP contribution in [0.15, 0.2) is 46.3 Å². The van der Waals surface area contributed by atoms with Crippen LogP contribution in [0.4, 0.5) is 5.69 Å². The first-order valence-corrected chi connectivity index (χ1v) is 5.96. The van der Waals surface area contributed by atoms with Crippen molar-refractivity contribution in [2.45, 2.75) is 11.8 Å². The topological polar surface area (TPSA) is 12.4 Å². The van der Waals surface area contributed by atoms with Crippen molar-refractivity contribution in [3.8, 4) is 0 Å². The molecule has 15 heavy (non-hydrogen) atoms. The van der Waals surface area contributed by atoms with Crippen molar-refractivity contribution in [2.75, 3.05) is 5.75 Å². The van der Waals surface area contributed by atoms with Gasteiger partial charge in [0, 0.05) is 4.90 Å². The summed E-state index contributed by atoms with van der Waals surface area (Å²) in [5.41, 5.74) is 0.987. The number of rotatable bonds is 3. The Morgan fingerprint density at radius 1 is 1.20 bits per heavy atom. The lowest BCUT2D eigenvalue weighted by molar-refractivity contribution is 1.42. The monoisotopic (exact) mass is 215 g/mol. The molecule has 0 fully saturated rings. The molecule has 0 radical (unpaired) electrons. The smallest absolute Gasteiger partial charge is 0.0764 e. The molecule has 0 aromatic heterocycles. The highest BCUT2D eigenvalue weighted by Crippen LogP contribution is 2.36. The second kappa shape index (κ2) is 4.49. The molecule has 0 spiro atoms. The second-order valence-corrected chi connectivity index (χ2v) is 4.50. The van der Waals surface area contributed by atoms with Crippen LogP contribution in [-0.4, -0.2) is 12.5 Å². The van der Waals surface area contributed by atoms with Gasteiger partial charge in [0.05, 0.1) is 5.69 Å². The molecule has 0 aliphatic carbocycles. The van der Waals surface area contributed by atoms with Crippen LogP contribution in [0, 0.1) is 0 Å². The van der Waals surface area contributed by atoms with Gasteiger partial charge >= 0.3 is 0 Å². The van der Waals surface area contributed by atoms with Crippen LogP contribution in [0.3, 0.4) is 0 Å². The Hall–Kier alpha value is -1.28. The maximum atomic E-state index is 4.07. The standard InChI is InChI=1S/C13H13NS/c1-3-15-13-11-7-5-4-6-10(11)8-9-12(13)14-2/h4-9H,2-3H2,1H3. The van der Waals surface area contributed by atoms with Crippen molar-refractivity contribution in [3.05, 3.63) is 36.4 Å². The number of benzene rings is 2. The zero-order chi connectivity index (χ0) is 10.7. The predicted molar refractivity (Wildman–Crippen MR) is 69.6 cm³/mol. The zero-order valence-corrected chi connectivity index (χ0v) is 9.55. The Bertz CT molecular complexity index is 491. The van der Waals surface area contributed by atoms with Crippen molar-refractivity contribution in [1.29, 1.82) is 0 Å². The summed E-state index contributed by atoms with van der Waals surface area (Å²) in [6.07, 6.45) is 0. The maximum absolute atomic E-state index is 4.07. The van der Waals surface area contributed by atoms with E-state index < -0.39 is 0 Å². The molecule has 76 valence electrons. The van der Waals surface area contributed by atoms with Gasteiger partial charge in [0.1, 0.15) is 0 Å². The highest BCUT2D eigenvalue weighted by atomic mass is 32.2. The van der Waals surface area contributed by atoms with Crippen LogP contribution in [0.1, 0.15) is 6.92 Å². The van der Waals surface area contributed by atoms with Gasteiger partial charge in [-0.05, 0) is 29.3 Å². The third-order valence-corrected chi connectivity index (χ3v) is 3.32. The summed E-state index contributed by atoms with van der Waals surface area (Å²) in [4.78, 5) is 5.31. The molecule has 0 aliphatic heterocycles. The normalized spacial score (nSPS) is 10.5. The molecule has 0 atom stereocenters. The van der Waals surface area contributed by atoms with Gasteiger partial charge in [-0.2, -0.15) is 0 Å². The molecule has 0 N–H and O–H groups in total. The highest BCUT2D eigenvalue weighted by Gasteiger charge is 2.05. The van der Waals surface area contributed by atoms with Crippen LogP contribution in [0.25, 0.3) is 10.8 Å². The van der Waals surface area contributed by atoms with Crippen molar-refractivity contribution >= 4 is 34.9 Å². The van der Waals surface area contributed by atoms with E-state index in [1.54, 1.807) is 0 Å². The average molecular weight is 215 g/mol. The van der Waals surface area contributed by atoms with Gasteiger partial charge in [-0.1, -0.05) is 37.3 Å². The van der Waals surface area contributed by atoms with E-state index in [0.717, 1.165) is 11.4 Å².